The van der Waals surface area contributed by atoms with Gasteiger partial charge in [-0.1, -0.05) is 11.3 Å². The summed E-state index contributed by atoms with van der Waals surface area (Å²) in [6, 6.07) is 5.68. The summed E-state index contributed by atoms with van der Waals surface area (Å²) in [4.78, 5) is 20.5. The second-order valence-corrected chi connectivity index (χ2v) is 5.43. The smallest absolute Gasteiger partial charge is 0.293 e. The quantitative estimate of drug-likeness (QED) is 0.804. The first-order valence-corrected chi connectivity index (χ1v) is 7.31. The Bertz CT molecular complexity index is 793. The maximum atomic E-state index is 12.1. The standard InChI is InChI=1S/C14H14N4O2S/c1-3-20-9-4-5-10-11(8-9)21-14(16-10)17-13(19)12-15-6-7-18(12)2/h4-8H,3H2,1-2H3,(H,16,17,19). The fourth-order valence-corrected chi connectivity index (χ4v) is 2.84. The van der Waals surface area contributed by atoms with Crippen LogP contribution in [-0.4, -0.2) is 27.0 Å². The van der Waals surface area contributed by atoms with Crippen LogP contribution < -0.4 is 10.1 Å². The van der Waals surface area contributed by atoms with Gasteiger partial charge in [0.2, 0.25) is 0 Å². The minimum absolute atomic E-state index is 0.272. The third-order valence-electron chi connectivity index (χ3n) is 2.92. The van der Waals surface area contributed by atoms with Crippen molar-refractivity contribution in [2.45, 2.75) is 6.92 Å². The number of ether oxygens (including phenoxy) is 1. The number of rotatable bonds is 4. The average Bonchev–Trinajstić information content (AvgIpc) is 3.04. The summed E-state index contributed by atoms with van der Waals surface area (Å²) >= 11 is 1.41. The zero-order valence-electron chi connectivity index (χ0n) is 11.7. The largest absolute Gasteiger partial charge is 0.494 e. The predicted molar refractivity (Wildman–Crippen MR) is 82.0 cm³/mol. The van der Waals surface area contributed by atoms with Gasteiger partial charge in [-0.25, -0.2) is 9.97 Å². The number of thiazole rings is 1. The van der Waals surface area contributed by atoms with Gasteiger partial charge in [-0.2, -0.15) is 0 Å². The number of benzene rings is 1. The van der Waals surface area contributed by atoms with Crippen LogP contribution in [0.25, 0.3) is 10.2 Å². The number of carbonyl (C=O) groups is 1. The summed E-state index contributed by atoms with van der Waals surface area (Å²) in [5.41, 5.74) is 0.832. The third-order valence-corrected chi connectivity index (χ3v) is 3.85. The molecule has 108 valence electrons. The highest BCUT2D eigenvalue weighted by atomic mass is 32.1. The maximum Gasteiger partial charge on any atom is 0.293 e. The molecule has 7 heteroatoms. The SMILES string of the molecule is CCOc1ccc2nc(NC(=O)c3nccn3C)sc2c1. The molecular weight excluding hydrogens is 288 g/mol. The van der Waals surface area contributed by atoms with E-state index in [0.717, 1.165) is 16.0 Å². The molecule has 0 saturated heterocycles. The Morgan fingerprint density at radius 3 is 3.05 bits per heavy atom. The highest BCUT2D eigenvalue weighted by Crippen LogP contribution is 2.29. The fourth-order valence-electron chi connectivity index (χ4n) is 1.95. The number of anilines is 1. The van der Waals surface area contributed by atoms with Gasteiger partial charge in [0.1, 0.15) is 5.75 Å². The zero-order valence-corrected chi connectivity index (χ0v) is 12.5. The van der Waals surface area contributed by atoms with E-state index >= 15 is 0 Å². The van der Waals surface area contributed by atoms with E-state index in [0.29, 0.717) is 17.6 Å². The molecule has 1 N–H and O–H groups in total. The van der Waals surface area contributed by atoms with Crippen molar-refractivity contribution in [2.24, 2.45) is 7.05 Å². The van der Waals surface area contributed by atoms with E-state index in [1.54, 1.807) is 24.0 Å². The highest BCUT2D eigenvalue weighted by Gasteiger charge is 2.13. The summed E-state index contributed by atoms with van der Waals surface area (Å²) in [7, 11) is 1.77. The topological polar surface area (TPSA) is 69.0 Å². The molecule has 0 bridgehead atoms. The molecule has 3 aromatic rings. The monoisotopic (exact) mass is 302 g/mol. The van der Waals surface area contributed by atoms with Gasteiger partial charge in [-0.3, -0.25) is 10.1 Å². The second kappa shape index (κ2) is 5.53. The Labute approximate surface area is 125 Å². The van der Waals surface area contributed by atoms with Crippen molar-refractivity contribution in [1.29, 1.82) is 0 Å². The Morgan fingerprint density at radius 2 is 2.33 bits per heavy atom. The van der Waals surface area contributed by atoms with Gasteiger partial charge in [0.15, 0.2) is 11.0 Å². The van der Waals surface area contributed by atoms with Crippen molar-refractivity contribution in [2.75, 3.05) is 11.9 Å². The van der Waals surface area contributed by atoms with Crippen molar-refractivity contribution in [1.82, 2.24) is 14.5 Å². The second-order valence-electron chi connectivity index (χ2n) is 4.40. The predicted octanol–water partition coefficient (Wildman–Crippen LogP) is 2.68. The number of aryl methyl sites for hydroxylation is 1. The van der Waals surface area contributed by atoms with E-state index in [9.17, 15) is 4.79 Å². The minimum atomic E-state index is -0.272. The molecule has 6 nitrogen and oxygen atoms in total. The zero-order chi connectivity index (χ0) is 14.8. The van der Waals surface area contributed by atoms with Crippen molar-refractivity contribution < 1.29 is 9.53 Å². The van der Waals surface area contributed by atoms with Crippen molar-refractivity contribution in [3.05, 3.63) is 36.4 Å². The van der Waals surface area contributed by atoms with Crippen LogP contribution in [-0.2, 0) is 7.05 Å². The molecule has 0 spiro atoms. The molecule has 0 fully saturated rings. The maximum absolute atomic E-state index is 12.1. The van der Waals surface area contributed by atoms with Crippen LogP contribution in [0.4, 0.5) is 5.13 Å². The molecule has 0 aliphatic heterocycles. The number of aromatic nitrogens is 3. The van der Waals surface area contributed by atoms with Gasteiger partial charge in [0.05, 0.1) is 16.8 Å². The lowest BCUT2D eigenvalue weighted by Gasteiger charge is -2.00. The van der Waals surface area contributed by atoms with E-state index in [1.807, 2.05) is 25.1 Å². The molecule has 0 atom stereocenters. The Hall–Kier alpha value is -2.41. The number of nitrogens with zero attached hydrogens (tertiary/aromatic N) is 3. The van der Waals surface area contributed by atoms with Crippen LogP contribution in [0, 0.1) is 0 Å². The van der Waals surface area contributed by atoms with Gasteiger partial charge in [-0.15, -0.1) is 0 Å². The third kappa shape index (κ3) is 2.73. The van der Waals surface area contributed by atoms with E-state index < -0.39 is 0 Å². The van der Waals surface area contributed by atoms with Crippen molar-refractivity contribution in [3.8, 4) is 5.75 Å². The first-order valence-electron chi connectivity index (χ1n) is 6.49. The number of hydrogen-bond donors (Lipinski definition) is 1. The summed E-state index contributed by atoms with van der Waals surface area (Å²) in [5, 5.41) is 3.32. The molecule has 0 saturated carbocycles. The molecule has 0 aliphatic carbocycles. The fraction of sp³-hybridized carbons (Fsp3) is 0.214. The first kappa shape index (κ1) is 13.6. The molecule has 1 aromatic carbocycles. The van der Waals surface area contributed by atoms with Gasteiger partial charge in [0, 0.05) is 19.4 Å². The summed E-state index contributed by atoms with van der Waals surface area (Å²) in [6.07, 6.45) is 3.31. The van der Waals surface area contributed by atoms with Gasteiger partial charge >= 0.3 is 0 Å². The number of fused-ring (bicyclic) bond motifs is 1. The molecule has 2 heterocycles. The average molecular weight is 302 g/mol. The lowest BCUT2D eigenvalue weighted by atomic mass is 10.3. The van der Waals surface area contributed by atoms with Crippen molar-refractivity contribution >= 4 is 32.6 Å². The van der Waals surface area contributed by atoms with E-state index in [4.69, 9.17) is 4.74 Å². The highest BCUT2D eigenvalue weighted by molar-refractivity contribution is 7.22. The van der Waals surface area contributed by atoms with Crippen LogP contribution in [0.1, 0.15) is 17.5 Å². The first-order chi connectivity index (χ1) is 10.2. The van der Waals surface area contributed by atoms with Crippen LogP contribution >= 0.6 is 11.3 Å². The van der Waals surface area contributed by atoms with Gasteiger partial charge in [-0.05, 0) is 25.1 Å². The van der Waals surface area contributed by atoms with Crippen LogP contribution in [0.2, 0.25) is 0 Å². The molecule has 3 rings (SSSR count). The van der Waals surface area contributed by atoms with E-state index in [-0.39, 0.29) is 5.91 Å². The number of hydrogen-bond acceptors (Lipinski definition) is 5. The van der Waals surface area contributed by atoms with Gasteiger partial charge < -0.3 is 9.30 Å². The van der Waals surface area contributed by atoms with Crippen LogP contribution in [0.15, 0.2) is 30.6 Å². The Balaban J connectivity index is 1.84. The van der Waals surface area contributed by atoms with E-state index in [1.165, 1.54) is 11.3 Å². The van der Waals surface area contributed by atoms with Crippen LogP contribution in [0.3, 0.4) is 0 Å². The minimum Gasteiger partial charge on any atom is -0.494 e. The van der Waals surface area contributed by atoms with E-state index in [2.05, 4.69) is 15.3 Å². The molecule has 0 unspecified atom stereocenters. The molecular formula is C14H14N4O2S. The molecule has 2 aromatic heterocycles. The number of carbonyl (C=O) groups excluding carboxylic acids is 1. The lowest BCUT2D eigenvalue weighted by Crippen LogP contribution is -2.16. The molecule has 0 aliphatic rings. The van der Waals surface area contributed by atoms with Gasteiger partial charge in [0.25, 0.3) is 5.91 Å². The molecule has 21 heavy (non-hydrogen) atoms. The number of nitrogens with one attached hydrogen (secondary N) is 1. The Morgan fingerprint density at radius 1 is 1.48 bits per heavy atom. The number of amides is 1. The molecule has 1 amide bonds. The summed E-state index contributed by atoms with van der Waals surface area (Å²) in [6.45, 7) is 2.56. The Kier molecular flexibility index (Phi) is 3.57. The van der Waals surface area contributed by atoms with Crippen molar-refractivity contribution in [3.63, 3.8) is 0 Å². The van der Waals surface area contributed by atoms with Crippen LogP contribution in [0.5, 0.6) is 5.75 Å². The lowest BCUT2D eigenvalue weighted by molar-refractivity contribution is 0.101. The number of imidazole rings is 1. The normalized spacial score (nSPS) is 10.8. The summed E-state index contributed by atoms with van der Waals surface area (Å²) < 4.78 is 8.09. The summed E-state index contributed by atoms with van der Waals surface area (Å²) in [5.74, 6) is 0.881. The molecule has 0 radical (unpaired) electrons.